The minimum absolute atomic E-state index is 0.278. The third kappa shape index (κ3) is 7.69. The Kier molecular flexibility index (Phi) is 10.5. The molecule has 8 rings (SSSR count). The predicted molar refractivity (Wildman–Crippen MR) is 206 cm³/mol. The molecule has 0 unspecified atom stereocenters. The Morgan fingerprint density at radius 2 is 1.00 bits per heavy atom. The molecule has 8 aromatic rings. The van der Waals surface area contributed by atoms with Crippen molar-refractivity contribution in [2.75, 3.05) is 0 Å². The highest BCUT2D eigenvalue weighted by Gasteiger charge is 2.13. The molecule has 0 saturated carbocycles. The molecule has 0 saturated heterocycles. The van der Waals surface area contributed by atoms with E-state index in [1.807, 2.05) is 91.0 Å². The van der Waals surface area contributed by atoms with Gasteiger partial charge in [0.2, 0.25) is 0 Å². The van der Waals surface area contributed by atoms with E-state index in [9.17, 15) is 5.11 Å². The number of nitrogens with zero attached hydrogens (tertiary/aromatic N) is 2. The summed E-state index contributed by atoms with van der Waals surface area (Å²) in [5.41, 5.74) is 3.80. The van der Waals surface area contributed by atoms with Crippen molar-refractivity contribution in [2.45, 2.75) is 14.7 Å². The highest BCUT2D eigenvalue weighted by Crippen LogP contribution is 2.41. The number of thiol groups is 1. The van der Waals surface area contributed by atoms with Crippen LogP contribution in [0.2, 0.25) is 5.02 Å². The Hall–Kier alpha value is -3.79. The summed E-state index contributed by atoms with van der Waals surface area (Å²) in [6.45, 7) is 0. The third-order valence-electron chi connectivity index (χ3n) is 7.11. The van der Waals surface area contributed by atoms with Gasteiger partial charge in [0.1, 0.15) is 11.5 Å². The van der Waals surface area contributed by atoms with Crippen LogP contribution in [0.1, 0.15) is 0 Å². The zero-order valence-corrected chi connectivity index (χ0v) is 30.1. The van der Waals surface area contributed by atoms with E-state index < -0.39 is 0 Å². The molecule has 0 aliphatic rings. The van der Waals surface area contributed by atoms with Gasteiger partial charge in [0.05, 0.1) is 27.1 Å². The van der Waals surface area contributed by atoms with Gasteiger partial charge < -0.3 is 10.2 Å². The van der Waals surface area contributed by atoms with Crippen molar-refractivity contribution in [3.05, 3.63) is 147 Å². The molecule has 4 nitrogen and oxygen atoms in total. The monoisotopic (exact) mass is 798 g/mol. The topological polar surface area (TPSA) is 66.2 Å². The van der Waals surface area contributed by atoms with Crippen molar-refractivity contribution in [3.63, 3.8) is 0 Å². The van der Waals surface area contributed by atoms with Crippen LogP contribution in [-0.4, -0.2) is 20.2 Å². The average Bonchev–Trinajstić information content (AvgIpc) is 3.08. The number of halogens is 3. The fraction of sp³-hybridized carbons (Fsp3) is 0. The predicted octanol–water partition coefficient (Wildman–Crippen LogP) is 12.5. The van der Waals surface area contributed by atoms with Gasteiger partial charge in [-0.2, -0.15) is 0 Å². The molecule has 0 bridgehead atoms. The Bertz CT molecular complexity index is 2340. The number of phenols is 2. The van der Waals surface area contributed by atoms with Gasteiger partial charge in [-0.3, -0.25) is 0 Å². The molecule has 9 heteroatoms. The van der Waals surface area contributed by atoms with Gasteiger partial charge in [0.15, 0.2) is 0 Å². The van der Waals surface area contributed by atoms with Crippen LogP contribution < -0.4 is 0 Å². The number of hydrogen-bond donors (Lipinski definition) is 3. The van der Waals surface area contributed by atoms with E-state index in [1.54, 1.807) is 48.2 Å². The smallest absolute Gasteiger partial charge is 0.115 e. The second-order valence-corrected chi connectivity index (χ2v) is 14.0. The maximum Gasteiger partial charge on any atom is 0.115 e. The lowest BCUT2D eigenvalue weighted by molar-refractivity contribution is 0.474. The molecule has 232 valence electrons. The van der Waals surface area contributed by atoms with Gasteiger partial charge in [-0.25, -0.2) is 9.97 Å². The second-order valence-electron chi connectivity index (χ2n) is 10.3. The van der Waals surface area contributed by atoms with E-state index in [4.69, 9.17) is 21.7 Å². The zero-order valence-electron chi connectivity index (χ0n) is 24.5. The van der Waals surface area contributed by atoms with Gasteiger partial charge in [-0.15, -0.1) is 12.6 Å². The Morgan fingerprint density at radius 3 is 1.60 bits per heavy atom. The second kappa shape index (κ2) is 15.0. The van der Waals surface area contributed by atoms with Crippen molar-refractivity contribution in [2.24, 2.45) is 0 Å². The molecular formula is C38H25Br2ClN2O2S2. The fourth-order valence-corrected chi connectivity index (χ4v) is 7.86. The van der Waals surface area contributed by atoms with Crippen molar-refractivity contribution < 1.29 is 10.2 Å². The number of rotatable bonds is 2. The van der Waals surface area contributed by atoms with Crippen molar-refractivity contribution in [1.29, 1.82) is 0 Å². The molecule has 47 heavy (non-hydrogen) atoms. The summed E-state index contributed by atoms with van der Waals surface area (Å²) in [5.74, 6) is 0.558. The lowest BCUT2D eigenvalue weighted by Crippen LogP contribution is -1.88. The van der Waals surface area contributed by atoms with Crippen molar-refractivity contribution in [1.82, 2.24) is 9.97 Å². The third-order valence-corrected chi connectivity index (χ3v) is 10.3. The van der Waals surface area contributed by atoms with Crippen LogP contribution in [0.25, 0.3) is 43.6 Å². The van der Waals surface area contributed by atoms with Crippen LogP contribution >= 0.6 is 67.9 Å². The number of aromatic hydroxyl groups is 2. The molecule has 0 aliphatic heterocycles. The highest BCUT2D eigenvalue weighted by atomic mass is 79.9. The van der Waals surface area contributed by atoms with Crippen LogP contribution in [0, 0.1) is 0 Å². The van der Waals surface area contributed by atoms with E-state index in [1.165, 1.54) is 4.90 Å². The Balaban J connectivity index is 0.000000139. The zero-order chi connectivity index (χ0) is 32.9. The number of pyridine rings is 2. The lowest BCUT2D eigenvalue weighted by Gasteiger charge is -2.12. The molecule has 2 heterocycles. The molecule has 0 aliphatic carbocycles. The molecule has 0 spiro atoms. The number of para-hydroxylation sites is 2. The molecule has 0 fully saturated rings. The van der Waals surface area contributed by atoms with E-state index >= 15 is 0 Å². The van der Waals surface area contributed by atoms with Crippen LogP contribution in [0.4, 0.5) is 0 Å². The summed E-state index contributed by atoms with van der Waals surface area (Å²) < 4.78 is 2.02. The molecular weight excluding hydrogens is 776 g/mol. The molecule has 2 aromatic heterocycles. The Morgan fingerprint density at radius 1 is 0.532 bits per heavy atom. The first-order chi connectivity index (χ1) is 22.8. The summed E-state index contributed by atoms with van der Waals surface area (Å²) in [7, 11) is 0. The minimum Gasteiger partial charge on any atom is -0.508 e. The molecule has 6 aromatic carbocycles. The first-order valence-corrected chi connectivity index (χ1v) is 17.6. The van der Waals surface area contributed by atoms with Crippen molar-refractivity contribution >= 4 is 111 Å². The summed E-state index contributed by atoms with van der Waals surface area (Å²) in [6.07, 6.45) is 0. The molecule has 0 atom stereocenters. The van der Waals surface area contributed by atoms with Gasteiger partial charge in [-0.1, -0.05) is 104 Å². The maximum atomic E-state index is 9.48. The number of phenolic OH excluding ortho intramolecular Hbond substituents is 2. The first kappa shape index (κ1) is 33.1. The van der Waals surface area contributed by atoms with E-state index in [2.05, 4.69) is 55.5 Å². The summed E-state index contributed by atoms with van der Waals surface area (Å²) in [6, 6.07) is 42.0. The van der Waals surface area contributed by atoms with Crippen LogP contribution in [0.15, 0.2) is 157 Å². The summed E-state index contributed by atoms with van der Waals surface area (Å²) in [5, 5.41) is 23.2. The van der Waals surface area contributed by atoms with Gasteiger partial charge in [-0.05, 0) is 84.9 Å². The SMILES string of the molecule is Clc1c2ccccc2nc2cccc(Br)c12.Oc1ccc(S)cc1.Oc1ccc(Sc2c3ccccc3nc3cccc(Br)c23)cc1. The highest BCUT2D eigenvalue weighted by molar-refractivity contribution is 9.11. The van der Waals surface area contributed by atoms with Gasteiger partial charge in [0, 0.05) is 45.2 Å². The number of benzene rings is 6. The molecule has 2 N–H and O–H groups in total. The number of hydrogen-bond acceptors (Lipinski definition) is 6. The van der Waals surface area contributed by atoms with E-state index in [0.29, 0.717) is 0 Å². The van der Waals surface area contributed by atoms with Crippen LogP contribution in [-0.2, 0) is 0 Å². The average molecular weight is 801 g/mol. The van der Waals surface area contributed by atoms with Gasteiger partial charge >= 0.3 is 0 Å². The lowest BCUT2D eigenvalue weighted by atomic mass is 10.1. The van der Waals surface area contributed by atoms with Crippen molar-refractivity contribution in [3.8, 4) is 11.5 Å². The molecule has 0 radical (unpaired) electrons. The Labute approximate surface area is 303 Å². The van der Waals surface area contributed by atoms with E-state index in [0.717, 1.165) is 67.4 Å². The van der Waals surface area contributed by atoms with Gasteiger partial charge in [0.25, 0.3) is 0 Å². The first-order valence-electron chi connectivity index (χ1n) is 14.3. The summed E-state index contributed by atoms with van der Waals surface area (Å²) in [4.78, 5) is 12.5. The van der Waals surface area contributed by atoms with Crippen LogP contribution in [0.5, 0.6) is 11.5 Å². The molecule has 0 amide bonds. The normalized spacial score (nSPS) is 10.8. The largest absolute Gasteiger partial charge is 0.508 e. The summed E-state index contributed by atoms with van der Waals surface area (Å²) >= 11 is 19.3. The quantitative estimate of drug-likeness (QED) is 0.120. The number of aromatic nitrogens is 2. The van der Waals surface area contributed by atoms with E-state index in [-0.39, 0.29) is 11.5 Å². The maximum absolute atomic E-state index is 9.48. The number of fused-ring (bicyclic) bond motifs is 4. The fourth-order valence-electron chi connectivity index (χ4n) is 4.89. The van der Waals surface area contributed by atoms with Crippen LogP contribution in [0.3, 0.4) is 0 Å². The minimum atomic E-state index is 0.278. The standard InChI is InChI=1S/C19H12BrNOS.C13H7BrClN.C6H6OS/c20-15-5-3-7-17-18(15)19(14-4-1-2-6-16(14)21-17)23-13-10-8-12(22)9-11-13;14-9-5-3-7-11-12(9)13(15)8-4-1-2-6-10(8)16-11;7-5-1-3-6(8)4-2-5/h1-11,22H;1-7H;1-4,7-8H.